The lowest BCUT2D eigenvalue weighted by Crippen LogP contribution is -2.53. The second-order valence-corrected chi connectivity index (χ2v) is 9.31. The molecule has 6 rings (SSSR count). The normalized spacial score (nSPS) is 20.6. The standard InChI is InChI=1S/C27H27N5O2/c1-17-25-22(14-23(28-26(25)30-29-17)18-9-11-21(33)12-10-18)27(34)32-15-20-8-5-13-31(20)16-24(32)19-6-3-2-4-7-19/h2-4,6-7,9-12,14,20,24,33H,5,8,13,15-16H2,1H3,(H,28,29,30). The number of benzene rings is 2. The molecule has 2 fully saturated rings. The van der Waals surface area contributed by atoms with Crippen molar-refractivity contribution in [3.05, 3.63) is 77.5 Å². The summed E-state index contributed by atoms with van der Waals surface area (Å²) in [5, 5.41) is 17.8. The highest BCUT2D eigenvalue weighted by molar-refractivity contribution is 6.07. The van der Waals surface area contributed by atoms with Crippen molar-refractivity contribution in [2.75, 3.05) is 19.6 Å². The average Bonchev–Trinajstić information content (AvgIpc) is 3.49. The molecule has 34 heavy (non-hydrogen) atoms. The average molecular weight is 454 g/mol. The number of rotatable bonds is 3. The number of pyridine rings is 1. The van der Waals surface area contributed by atoms with Gasteiger partial charge >= 0.3 is 0 Å². The van der Waals surface area contributed by atoms with Crippen LogP contribution in [0.2, 0.25) is 0 Å². The number of phenols is 1. The number of aromatic nitrogens is 3. The molecule has 2 saturated heterocycles. The van der Waals surface area contributed by atoms with Crippen molar-refractivity contribution in [1.29, 1.82) is 0 Å². The van der Waals surface area contributed by atoms with Gasteiger partial charge < -0.3 is 10.0 Å². The minimum atomic E-state index is -0.00408. The third kappa shape index (κ3) is 3.53. The molecular formula is C27H27N5O2. The molecule has 2 N–H and O–H groups in total. The molecule has 0 spiro atoms. The predicted octanol–water partition coefficient (Wildman–Crippen LogP) is 4.30. The molecule has 7 heteroatoms. The number of amides is 1. The van der Waals surface area contributed by atoms with Crippen molar-refractivity contribution in [2.24, 2.45) is 0 Å². The van der Waals surface area contributed by atoms with Gasteiger partial charge in [0, 0.05) is 24.7 Å². The van der Waals surface area contributed by atoms with Crippen molar-refractivity contribution in [3.8, 4) is 17.0 Å². The zero-order valence-corrected chi connectivity index (χ0v) is 19.1. The number of hydrogen-bond acceptors (Lipinski definition) is 5. The van der Waals surface area contributed by atoms with E-state index in [9.17, 15) is 9.90 Å². The highest BCUT2D eigenvalue weighted by atomic mass is 16.3. The van der Waals surface area contributed by atoms with Gasteiger partial charge in [0.1, 0.15) is 5.75 Å². The number of nitrogens with one attached hydrogen (secondary N) is 1. The Morgan fingerprint density at radius 1 is 1.09 bits per heavy atom. The summed E-state index contributed by atoms with van der Waals surface area (Å²) in [5.74, 6) is 0.205. The number of nitrogens with zero attached hydrogens (tertiary/aromatic N) is 4. The molecule has 2 aliphatic rings. The lowest BCUT2D eigenvalue weighted by Gasteiger charge is -2.44. The second-order valence-electron chi connectivity index (χ2n) is 9.31. The molecule has 2 aromatic heterocycles. The number of hydrogen-bond donors (Lipinski definition) is 2. The van der Waals surface area contributed by atoms with E-state index in [2.05, 4.69) is 32.1 Å². The molecular weight excluding hydrogens is 426 g/mol. The van der Waals surface area contributed by atoms with E-state index in [1.54, 1.807) is 12.1 Å². The first-order valence-electron chi connectivity index (χ1n) is 11.8. The van der Waals surface area contributed by atoms with Crippen molar-refractivity contribution >= 4 is 16.9 Å². The van der Waals surface area contributed by atoms with Crippen LogP contribution >= 0.6 is 0 Å². The van der Waals surface area contributed by atoms with Gasteiger partial charge in [0.15, 0.2) is 5.65 Å². The summed E-state index contributed by atoms with van der Waals surface area (Å²) in [6.45, 7) is 4.57. The van der Waals surface area contributed by atoms with Crippen LogP contribution in [0.4, 0.5) is 0 Å². The summed E-state index contributed by atoms with van der Waals surface area (Å²) in [6, 6.07) is 19.5. The fourth-order valence-corrected chi connectivity index (χ4v) is 5.49. The van der Waals surface area contributed by atoms with Crippen molar-refractivity contribution < 1.29 is 9.90 Å². The topological polar surface area (TPSA) is 85.3 Å². The van der Waals surface area contributed by atoms with Gasteiger partial charge in [-0.25, -0.2) is 4.98 Å². The quantitative estimate of drug-likeness (QED) is 0.483. The fraction of sp³-hybridized carbons (Fsp3) is 0.296. The van der Waals surface area contributed by atoms with Gasteiger partial charge in [-0.1, -0.05) is 30.3 Å². The van der Waals surface area contributed by atoms with Crippen molar-refractivity contribution in [1.82, 2.24) is 25.0 Å². The zero-order chi connectivity index (χ0) is 23.2. The summed E-state index contributed by atoms with van der Waals surface area (Å²) in [4.78, 5) is 23.6. The molecule has 4 heterocycles. The largest absolute Gasteiger partial charge is 0.508 e. The maximum absolute atomic E-state index is 14.3. The van der Waals surface area contributed by atoms with E-state index in [4.69, 9.17) is 4.98 Å². The van der Waals surface area contributed by atoms with Crippen LogP contribution in [0, 0.1) is 6.92 Å². The molecule has 4 aromatic rings. The van der Waals surface area contributed by atoms with Crippen molar-refractivity contribution in [2.45, 2.75) is 31.8 Å². The smallest absolute Gasteiger partial charge is 0.255 e. The van der Waals surface area contributed by atoms with Crippen LogP contribution in [0.3, 0.4) is 0 Å². The van der Waals surface area contributed by atoms with Gasteiger partial charge in [-0.2, -0.15) is 5.10 Å². The summed E-state index contributed by atoms with van der Waals surface area (Å²) in [6.07, 6.45) is 2.31. The number of fused-ring (bicyclic) bond motifs is 2. The molecule has 7 nitrogen and oxygen atoms in total. The van der Waals surface area contributed by atoms with Crippen LogP contribution in [0.15, 0.2) is 60.7 Å². The Balaban J connectivity index is 1.46. The van der Waals surface area contributed by atoms with Crippen LogP contribution in [0.1, 0.15) is 40.5 Å². The third-order valence-corrected chi connectivity index (χ3v) is 7.24. The first-order chi connectivity index (χ1) is 16.6. The lowest BCUT2D eigenvalue weighted by molar-refractivity contribution is 0.0351. The Bertz CT molecular complexity index is 1350. The Labute approximate surface area is 198 Å². The molecule has 2 atom stereocenters. The van der Waals surface area contributed by atoms with Gasteiger partial charge in [0.2, 0.25) is 0 Å². The molecule has 2 aliphatic heterocycles. The molecule has 0 bridgehead atoms. The minimum Gasteiger partial charge on any atom is -0.508 e. The van der Waals surface area contributed by atoms with E-state index in [1.165, 1.54) is 6.42 Å². The monoisotopic (exact) mass is 453 g/mol. The van der Waals surface area contributed by atoms with Crippen LogP contribution in [-0.2, 0) is 0 Å². The van der Waals surface area contributed by atoms with Gasteiger partial charge in [0.05, 0.1) is 28.4 Å². The summed E-state index contributed by atoms with van der Waals surface area (Å²) in [5.41, 5.74) is 4.65. The number of phenolic OH excluding ortho intramolecular Hbond substituents is 1. The SMILES string of the molecule is Cc1n[nH]c2nc(-c3ccc(O)cc3)cc(C(=O)N3CC4CCCN4CC3c3ccccc3)c12. The molecule has 2 unspecified atom stereocenters. The predicted molar refractivity (Wildman–Crippen MR) is 131 cm³/mol. The molecule has 0 aliphatic carbocycles. The number of carbonyl (C=O) groups is 1. The summed E-state index contributed by atoms with van der Waals surface area (Å²) < 4.78 is 0. The van der Waals surface area contributed by atoms with E-state index >= 15 is 0 Å². The Hall–Kier alpha value is -3.71. The second kappa shape index (κ2) is 8.25. The maximum Gasteiger partial charge on any atom is 0.255 e. The van der Waals surface area contributed by atoms with Crippen LogP contribution in [0.5, 0.6) is 5.75 Å². The molecule has 1 amide bonds. The Kier molecular flexibility index (Phi) is 5.07. The van der Waals surface area contributed by atoms with Crippen LogP contribution in [-0.4, -0.2) is 61.7 Å². The van der Waals surface area contributed by atoms with Gasteiger partial charge in [-0.15, -0.1) is 0 Å². The summed E-state index contributed by atoms with van der Waals surface area (Å²) in [7, 11) is 0. The number of carbonyl (C=O) groups excluding carboxylic acids is 1. The van der Waals surface area contributed by atoms with Gasteiger partial charge in [0.25, 0.3) is 5.91 Å². The number of piperazine rings is 1. The first-order valence-corrected chi connectivity index (χ1v) is 11.8. The van der Waals surface area contributed by atoms with Crippen LogP contribution < -0.4 is 0 Å². The van der Waals surface area contributed by atoms with Crippen LogP contribution in [0.25, 0.3) is 22.3 Å². The molecule has 0 saturated carbocycles. The van der Waals surface area contributed by atoms with E-state index < -0.39 is 0 Å². The minimum absolute atomic E-state index is 0.00408. The highest BCUT2D eigenvalue weighted by Crippen LogP contribution is 2.35. The third-order valence-electron chi connectivity index (χ3n) is 7.24. The van der Waals surface area contributed by atoms with E-state index in [0.717, 1.165) is 41.7 Å². The summed E-state index contributed by atoms with van der Waals surface area (Å²) >= 11 is 0. The lowest BCUT2D eigenvalue weighted by atomic mass is 9.97. The first kappa shape index (κ1) is 20.9. The highest BCUT2D eigenvalue weighted by Gasteiger charge is 2.40. The van der Waals surface area contributed by atoms with E-state index in [1.807, 2.05) is 43.3 Å². The van der Waals surface area contributed by atoms with Gasteiger partial charge in [-0.05, 0) is 62.2 Å². The van der Waals surface area contributed by atoms with E-state index in [0.29, 0.717) is 29.5 Å². The maximum atomic E-state index is 14.3. The molecule has 0 radical (unpaired) electrons. The Morgan fingerprint density at radius 3 is 2.68 bits per heavy atom. The Morgan fingerprint density at radius 2 is 1.88 bits per heavy atom. The number of aromatic amines is 1. The van der Waals surface area contributed by atoms with E-state index in [-0.39, 0.29) is 17.7 Å². The number of aryl methyl sites for hydroxylation is 1. The molecule has 2 aromatic carbocycles. The molecule has 172 valence electrons. The van der Waals surface area contributed by atoms with Gasteiger partial charge in [-0.3, -0.25) is 14.8 Å². The number of H-pyrrole nitrogens is 1. The van der Waals surface area contributed by atoms with Crippen molar-refractivity contribution in [3.63, 3.8) is 0 Å². The zero-order valence-electron chi connectivity index (χ0n) is 19.1. The number of aromatic hydroxyl groups is 1. The fourth-order valence-electron chi connectivity index (χ4n) is 5.49.